The van der Waals surface area contributed by atoms with Gasteiger partial charge in [-0.15, -0.1) is 0 Å². The first-order valence-corrected chi connectivity index (χ1v) is 8.81. The van der Waals surface area contributed by atoms with Crippen LogP contribution in [-0.4, -0.2) is 40.0 Å². The number of likely N-dealkylation sites (tertiary alicyclic amines) is 1. The standard InChI is InChI=1S/C19H26N4O/c24-19(21-9-4-11-23-14-10-20-16-23)18-7-12-22(13-8-18)15-17-5-2-1-3-6-17/h1-3,5-6,10,14,16,18H,4,7-9,11-13,15H2,(H,21,24). The minimum atomic E-state index is 0.172. The number of hydrogen-bond donors (Lipinski definition) is 1. The van der Waals surface area contributed by atoms with Crippen LogP contribution < -0.4 is 5.32 Å². The van der Waals surface area contributed by atoms with E-state index in [2.05, 4.69) is 39.5 Å². The van der Waals surface area contributed by atoms with E-state index in [1.807, 2.05) is 23.2 Å². The average molecular weight is 326 g/mol. The van der Waals surface area contributed by atoms with E-state index in [-0.39, 0.29) is 11.8 Å². The lowest BCUT2D eigenvalue weighted by Crippen LogP contribution is -2.40. The van der Waals surface area contributed by atoms with Gasteiger partial charge in [0.25, 0.3) is 0 Å². The molecule has 0 saturated carbocycles. The molecule has 0 radical (unpaired) electrons. The van der Waals surface area contributed by atoms with E-state index in [1.165, 1.54) is 5.56 Å². The van der Waals surface area contributed by atoms with Crippen LogP contribution in [0.1, 0.15) is 24.8 Å². The summed E-state index contributed by atoms with van der Waals surface area (Å²) in [5.74, 6) is 0.394. The van der Waals surface area contributed by atoms with Crippen LogP contribution in [0.3, 0.4) is 0 Å². The molecule has 1 aromatic heterocycles. The van der Waals surface area contributed by atoms with Gasteiger partial charge in [-0.25, -0.2) is 4.98 Å². The molecule has 1 amide bonds. The SMILES string of the molecule is O=C(NCCCn1ccnc1)C1CCN(Cc2ccccc2)CC1. The lowest BCUT2D eigenvalue weighted by Gasteiger charge is -2.31. The van der Waals surface area contributed by atoms with Gasteiger partial charge < -0.3 is 9.88 Å². The summed E-state index contributed by atoms with van der Waals surface area (Å²) >= 11 is 0. The van der Waals surface area contributed by atoms with E-state index in [1.54, 1.807) is 6.20 Å². The Kier molecular flexibility index (Phi) is 6.01. The number of imidazole rings is 1. The van der Waals surface area contributed by atoms with Crippen molar-refractivity contribution in [3.8, 4) is 0 Å². The highest BCUT2D eigenvalue weighted by Crippen LogP contribution is 2.19. The van der Waals surface area contributed by atoms with Gasteiger partial charge in [-0.2, -0.15) is 0 Å². The number of aromatic nitrogens is 2. The first-order valence-electron chi connectivity index (χ1n) is 8.81. The number of carbonyl (C=O) groups excluding carboxylic acids is 1. The topological polar surface area (TPSA) is 50.2 Å². The maximum Gasteiger partial charge on any atom is 0.223 e. The first-order chi connectivity index (χ1) is 11.8. The van der Waals surface area contributed by atoms with Crippen LogP contribution in [0.25, 0.3) is 0 Å². The Morgan fingerprint density at radius 2 is 2.00 bits per heavy atom. The van der Waals surface area contributed by atoms with Crippen LogP contribution in [-0.2, 0) is 17.9 Å². The zero-order chi connectivity index (χ0) is 16.6. The molecule has 5 heteroatoms. The Balaban J connectivity index is 1.33. The van der Waals surface area contributed by atoms with Crippen molar-refractivity contribution < 1.29 is 4.79 Å². The number of benzene rings is 1. The predicted molar refractivity (Wildman–Crippen MR) is 94.3 cm³/mol. The van der Waals surface area contributed by atoms with E-state index in [4.69, 9.17) is 0 Å². The van der Waals surface area contributed by atoms with Gasteiger partial charge in [0.2, 0.25) is 5.91 Å². The van der Waals surface area contributed by atoms with Gasteiger partial charge in [0.05, 0.1) is 6.33 Å². The highest BCUT2D eigenvalue weighted by atomic mass is 16.1. The van der Waals surface area contributed by atoms with Crippen LogP contribution in [0, 0.1) is 5.92 Å². The summed E-state index contributed by atoms with van der Waals surface area (Å²) in [4.78, 5) is 18.7. The van der Waals surface area contributed by atoms with Crippen molar-refractivity contribution in [3.63, 3.8) is 0 Å². The van der Waals surface area contributed by atoms with Crippen LogP contribution in [0.4, 0.5) is 0 Å². The van der Waals surface area contributed by atoms with Gasteiger partial charge in [0.15, 0.2) is 0 Å². The van der Waals surface area contributed by atoms with Gasteiger partial charge in [0.1, 0.15) is 0 Å². The average Bonchev–Trinajstić information content (AvgIpc) is 3.13. The molecule has 1 aliphatic heterocycles. The molecule has 1 aromatic carbocycles. The number of carbonyl (C=O) groups is 1. The molecule has 2 heterocycles. The third kappa shape index (κ3) is 4.93. The number of aryl methyl sites for hydroxylation is 1. The normalized spacial score (nSPS) is 16.2. The summed E-state index contributed by atoms with van der Waals surface area (Å²) in [6.07, 6.45) is 8.39. The van der Waals surface area contributed by atoms with Crippen molar-refractivity contribution in [2.45, 2.75) is 32.4 Å². The summed E-state index contributed by atoms with van der Waals surface area (Å²) in [5, 5.41) is 3.09. The molecule has 0 unspecified atom stereocenters. The second-order valence-corrected chi connectivity index (χ2v) is 6.48. The summed E-state index contributed by atoms with van der Waals surface area (Å²) < 4.78 is 2.04. The molecule has 0 aliphatic carbocycles. The monoisotopic (exact) mass is 326 g/mol. The predicted octanol–water partition coefficient (Wildman–Crippen LogP) is 2.30. The molecule has 128 valence electrons. The number of amides is 1. The van der Waals surface area contributed by atoms with Crippen LogP contribution in [0.15, 0.2) is 49.1 Å². The molecular formula is C19H26N4O. The second-order valence-electron chi connectivity index (χ2n) is 6.48. The Morgan fingerprint density at radius 1 is 1.21 bits per heavy atom. The molecule has 1 N–H and O–H groups in total. The largest absolute Gasteiger partial charge is 0.356 e. The second kappa shape index (κ2) is 8.64. The Bertz CT molecular complexity index is 604. The highest BCUT2D eigenvalue weighted by Gasteiger charge is 2.24. The summed E-state index contributed by atoms with van der Waals surface area (Å²) in [7, 11) is 0. The fourth-order valence-corrected chi connectivity index (χ4v) is 3.23. The third-order valence-corrected chi connectivity index (χ3v) is 4.66. The molecule has 5 nitrogen and oxygen atoms in total. The number of nitrogens with one attached hydrogen (secondary N) is 1. The van der Waals surface area contributed by atoms with Crippen molar-refractivity contribution in [2.75, 3.05) is 19.6 Å². The zero-order valence-corrected chi connectivity index (χ0v) is 14.1. The van der Waals surface area contributed by atoms with Gasteiger partial charge in [0, 0.05) is 37.9 Å². The Morgan fingerprint density at radius 3 is 2.71 bits per heavy atom. The first kappa shape index (κ1) is 16.7. The quantitative estimate of drug-likeness (QED) is 0.794. The fourth-order valence-electron chi connectivity index (χ4n) is 3.23. The molecule has 3 rings (SSSR count). The van der Waals surface area contributed by atoms with Crippen LogP contribution in [0.5, 0.6) is 0 Å². The van der Waals surface area contributed by atoms with Gasteiger partial charge >= 0.3 is 0 Å². The van der Waals surface area contributed by atoms with Crippen LogP contribution >= 0.6 is 0 Å². The minimum absolute atomic E-state index is 0.172. The molecule has 1 aliphatic rings. The lowest BCUT2D eigenvalue weighted by atomic mass is 9.95. The van der Waals surface area contributed by atoms with E-state index < -0.39 is 0 Å². The van der Waals surface area contributed by atoms with Crippen molar-refractivity contribution >= 4 is 5.91 Å². The minimum Gasteiger partial charge on any atom is -0.356 e. The van der Waals surface area contributed by atoms with E-state index in [0.29, 0.717) is 0 Å². The lowest BCUT2D eigenvalue weighted by molar-refractivity contribution is -0.126. The number of piperidine rings is 1. The number of nitrogens with zero attached hydrogens (tertiary/aromatic N) is 3. The van der Waals surface area contributed by atoms with Crippen molar-refractivity contribution in [1.82, 2.24) is 19.8 Å². The van der Waals surface area contributed by atoms with Crippen LogP contribution in [0.2, 0.25) is 0 Å². The van der Waals surface area contributed by atoms with Crippen molar-refractivity contribution in [1.29, 1.82) is 0 Å². The summed E-state index contributed by atoms with van der Waals surface area (Å²) in [6, 6.07) is 10.5. The fraction of sp³-hybridized carbons (Fsp3) is 0.474. The molecule has 24 heavy (non-hydrogen) atoms. The number of hydrogen-bond acceptors (Lipinski definition) is 3. The summed E-state index contributed by atoms with van der Waals surface area (Å²) in [6.45, 7) is 4.63. The molecule has 0 atom stereocenters. The highest BCUT2D eigenvalue weighted by molar-refractivity contribution is 5.78. The molecule has 0 spiro atoms. The van der Waals surface area contributed by atoms with E-state index in [9.17, 15) is 4.79 Å². The smallest absolute Gasteiger partial charge is 0.223 e. The Labute approximate surface area is 143 Å². The maximum atomic E-state index is 12.3. The molecule has 1 saturated heterocycles. The van der Waals surface area contributed by atoms with Gasteiger partial charge in [-0.1, -0.05) is 30.3 Å². The van der Waals surface area contributed by atoms with E-state index in [0.717, 1.165) is 52.0 Å². The zero-order valence-electron chi connectivity index (χ0n) is 14.1. The maximum absolute atomic E-state index is 12.3. The van der Waals surface area contributed by atoms with Gasteiger partial charge in [-0.05, 0) is 37.9 Å². The molecule has 2 aromatic rings. The summed E-state index contributed by atoms with van der Waals surface area (Å²) in [5.41, 5.74) is 1.35. The third-order valence-electron chi connectivity index (χ3n) is 4.66. The van der Waals surface area contributed by atoms with Crippen molar-refractivity contribution in [3.05, 3.63) is 54.6 Å². The Hall–Kier alpha value is -2.14. The van der Waals surface area contributed by atoms with Crippen molar-refractivity contribution in [2.24, 2.45) is 5.92 Å². The van der Waals surface area contributed by atoms with E-state index >= 15 is 0 Å². The molecular weight excluding hydrogens is 300 g/mol. The molecule has 1 fully saturated rings. The molecule has 0 bridgehead atoms. The van der Waals surface area contributed by atoms with Gasteiger partial charge in [-0.3, -0.25) is 9.69 Å². The number of rotatable bonds is 7.